The van der Waals surface area contributed by atoms with E-state index in [0.717, 1.165) is 11.8 Å². The predicted molar refractivity (Wildman–Crippen MR) is 253 cm³/mol. The fourth-order valence-electron chi connectivity index (χ4n) is 7.95. The van der Waals surface area contributed by atoms with Crippen molar-refractivity contribution >= 4 is 59.0 Å². The van der Waals surface area contributed by atoms with Gasteiger partial charge in [0.25, 0.3) is 0 Å². The number of benzene rings is 1. The molecule has 4 rings (SSSR count). The van der Waals surface area contributed by atoms with E-state index in [-0.39, 0.29) is 92.7 Å². The number of nitrogens with one attached hydrogen (secondary N) is 11. The number of nitrogens with zero attached hydrogens (tertiary/aromatic N) is 1. The van der Waals surface area contributed by atoms with Crippen LogP contribution >= 0.6 is 11.8 Å². The van der Waals surface area contributed by atoms with Gasteiger partial charge in [0, 0.05) is 123 Å². The van der Waals surface area contributed by atoms with E-state index >= 15 is 0 Å². The molecule has 1 unspecified atom stereocenters. The molecule has 0 spiro atoms. The van der Waals surface area contributed by atoms with Gasteiger partial charge in [0.15, 0.2) is 0 Å². The number of carbonyl (C=O) groups excluding carboxylic acids is 8. The Morgan fingerprint density at radius 3 is 1.81 bits per heavy atom. The van der Waals surface area contributed by atoms with Gasteiger partial charge in [-0.3, -0.25) is 53.9 Å². The Balaban J connectivity index is 1.23. The van der Waals surface area contributed by atoms with Gasteiger partial charge in [-0.2, -0.15) is 0 Å². The third-order valence-electron chi connectivity index (χ3n) is 11.7. The number of imide groups is 1. The smallest absolute Gasteiger partial charge is 0.242 e. The van der Waals surface area contributed by atoms with E-state index < -0.39 is 46.4 Å². The highest BCUT2D eigenvalue weighted by Crippen LogP contribution is 2.25. The first kappa shape index (κ1) is 54.7. The van der Waals surface area contributed by atoms with Gasteiger partial charge in [0.2, 0.25) is 47.3 Å². The maximum atomic E-state index is 13.5. The van der Waals surface area contributed by atoms with Crippen molar-refractivity contribution in [2.45, 2.75) is 107 Å². The molecule has 3 atom stereocenters. The van der Waals surface area contributed by atoms with E-state index in [9.17, 15) is 43.5 Å². The van der Waals surface area contributed by atoms with E-state index in [1.807, 2.05) is 6.92 Å². The van der Waals surface area contributed by atoms with E-state index in [0.29, 0.717) is 96.7 Å². The van der Waals surface area contributed by atoms with Crippen molar-refractivity contribution < 1.29 is 43.5 Å². The zero-order valence-corrected chi connectivity index (χ0v) is 39.8. The number of likely N-dealkylation sites (tertiary alicyclic amines) is 1. The Labute approximate surface area is 397 Å². The summed E-state index contributed by atoms with van der Waals surface area (Å²) in [6.07, 6.45) is 2.47. The summed E-state index contributed by atoms with van der Waals surface area (Å²) >= 11 is 1.12. The second-order valence-electron chi connectivity index (χ2n) is 17.1. The number of hydrogen-bond acceptors (Lipinski definition) is 16. The van der Waals surface area contributed by atoms with Crippen molar-refractivity contribution in [2.24, 2.45) is 5.73 Å². The maximum absolute atomic E-state index is 13.5. The number of unbranched alkanes of at least 4 members (excludes halogenated alkanes) is 2. The molecule has 23 heteroatoms. The van der Waals surface area contributed by atoms with Crippen molar-refractivity contribution in [1.29, 1.82) is 0 Å². The summed E-state index contributed by atoms with van der Waals surface area (Å²) < 4.78 is 0. The van der Waals surface area contributed by atoms with Crippen LogP contribution < -0.4 is 64.2 Å². The zero-order valence-electron chi connectivity index (χ0n) is 39.0. The monoisotopic (exact) mass is 960 g/mol. The Morgan fingerprint density at radius 2 is 1.27 bits per heavy atom. The minimum atomic E-state index is -1.01. The number of primary amides is 1. The van der Waals surface area contributed by atoms with Crippen molar-refractivity contribution in [1.82, 2.24) is 63.4 Å². The van der Waals surface area contributed by atoms with Gasteiger partial charge in [0.1, 0.15) is 29.2 Å². The highest BCUT2D eigenvalue weighted by molar-refractivity contribution is 8.00. The largest absolute Gasteiger partial charge is 0.508 e. The molecule has 0 aromatic heterocycles. The average molecular weight is 960 g/mol. The van der Waals surface area contributed by atoms with Gasteiger partial charge >= 0.3 is 0 Å². The molecule has 8 amide bonds. The summed E-state index contributed by atoms with van der Waals surface area (Å²) in [5.41, 5.74) is 4.65. The quantitative estimate of drug-likeness (QED) is 0.0378. The van der Waals surface area contributed by atoms with Crippen LogP contribution in [-0.2, 0) is 44.8 Å². The molecule has 0 radical (unpaired) electrons. The van der Waals surface area contributed by atoms with E-state index in [1.54, 1.807) is 19.1 Å². The van der Waals surface area contributed by atoms with Crippen LogP contribution in [0.3, 0.4) is 0 Å². The molecule has 14 N–H and O–H groups in total. The van der Waals surface area contributed by atoms with Gasteiger partial charge in [-0.15, -0.1) is 11.8 Å². The molecule has 374 valence electrons. The molecule has 1 aromatic rings. The van der Waals surface area contributed by atoms with Crippen LogP contribution in [0.1, 0.15) is 77.2 Å². The number of phenolic OH excluding ortho intramolecular Hbond substituents is 1. The highest BCUT2D eigenvalue weighted by Gasteiger charge is 2.39. The van der Waals surface area contributed by atoms with Crippen LogP contribution in [0.2, 0.25) is 0 Å². The minimum absolute atomic E-state index is 0.0102. The second-order valence-corrected chi connectivity index (χ2v) is 18.4. The lowest BCUT2D eigenvalue weighted by molar-refractivity contribution is -0.138. The van der Waals surface area contributed by atoms with Crippen LogP contribution in [-0.4, -0.2) is 170 Å². The first-order valence-electron chi connectivity index (χ1n) is 23.5. The topological polar surface area (TPSA) is 318 Å². The Kier molecular flexibility index (Phi) is 23.2. The summed E-state index contributed by atoms with van der Waals surface area (Å²) in [4.78, 5) is 103. The van der Waals surface area contributed by atoms with Crippen molar-refractivity contribution in [3.8, 4) is 5.75 Å². The van der Waals surface area contributed by atoms with Crippen LogP contribution in [0.25, 0.3) is 0 Å². The number of thioether (sulfide) groups is 1. The normalized spacial score (nSPS) is 22.6. The molecule has 3 fully saturated rings. The molecule has 3 aliphatic rings. The van der Waals surface area contributed by atoms with Gasteiger partial charge in [-0.05, 0) is 43.9 Å². The summed E-state index contributed by atoms with van der Waals surface area (Å²) in [6, 6.07) is 4.38. The summed E-state index contributed by atoms with van der Waals surface area (Å²) in [7, 11) is 0. The molecule has 2 bridgehead atoms. The third kappa shape index (κ3) is 19.0. The first-order chi connectivity index (χ1) is 32.2. The summed E-state index contributed by atoms with van der Waals surface area (Å²) in [5.74, 6) is -2.74. The molecule has 3 heterocycles. The number of amides is 8. The lowest BCUT2D eigenvalue weighted by atomic mass is 10.0. The van der Waals surface area contributed by atoms with Gasteiger partial charge in [-0.25, -0.2) is 0 Å². The molecule has 3 aliphatic heterocycles. The minimum Gasteiger partial charge on any atom is -0.508 e. The SMILES string of the molecule is CCC(=O)NC12CNCCNCC(NC(=O)CCCC(=O)N[C@@H](Cc3ccc(O)cc3)C(=O)NCCCCCC(=O)N[C@@H](CSC3CC(=O)N(CC)C3=O)C(N)=O)(CNCCNC1)NCCN2. The number of fused-ring (bicyclic) bond motifs is 5. The number of hydrogen-bond donors (Lipinski definition) is 13. The molecule has 1 aromatic carbocycles. The Bertz CT molecular complexity index is 1810. The van der Waals surface area contributed by atoms with E-state index in [2.05, 4.69) is 58.5 Å². The molecular weight excluding hydrogens is 887 g/mol. The van der Waals surface area contributed by atoms with E-state index in [1.165, 1.54) is 17.0 Å². The zero-order chi connectivity index (χ0) is 48.7. The summed E-state index contributed by atoms with van der Waals surface area (Å²) in [6.45, 7) is 9.41. The number of nitrogens with two attached hydrogens (primary N) is 1. The molecule has 3 saturated heterocycles. The van der Waals surface area contributed by atoms with Gasteiger partial charge in [0.05, 0.1) is 5.25 Å². The molecule has 67 heavy (non-hydrogen) atoms. The average Bonchev–Trinajstić information content (AvgIpc) is 3.57. The Hall–Kier alpha value is -4.91. The van der Waals surface area contributed by atoms with Crippen molar-refractivity contribution in [2.75, 3.05) is 84.3 Å². The van der Waals surface area contributed by atoms with Crippen molar-refractivity contribution in [3.05, 3.63) is 29.8 Å². The fraction of sp³-hybridized carbons (Fsp3) is 0.682. The lowest BCUT2D eigenvalue weighted by Gasteiger charge is -2.41. The van der Waals surface area contributed by atoms with Gasteiger partial charge < -0.3 is 58.7 Å². The van der Waals surface area contributed by atoms with Crippen molar-refractivity contribution in [3.63, 3.8) is 0 Å². The Morgan fingerprint density at radius 1 is 0.731 bits per heavy atom. The molecular formula is C44H73N13O9S. The summed E-state index contributed by atoms with van der Waals surface area (Å²) in [5, 5.41) is 44.6. The van der Waals surface area contributed by atoms with Crippen LogP contribution in [0.15, 0.2) is 24.3 Å². The number of carbonyl (C=O) groups is 8. The number of rotatable bonds is 23. The fourth-order valence-corrected chi connectivity index (χ4v) is 9.16. The highest BCUT2D eigenvalue weighted by atomic mass is 32.2. The number of phenols is 1. The number of aromatic hydroxyl groups is 1. The van der Waals surface area contributed by atoms with Crippen LogP contribution in [0.4, 0.5) is 0 Å². The van der Waals surface area contributed by atoms with Crippen LogP contribution in [0, 0.1) is 0 Å². The predicted octanol–water partition coefficient (Wildman–Crippen LogP) is -3.28. The molecule has 22 nitrogen and oxygen atoms in total. The second kappa shape index (κ2) is 28.4. The van der Waals surface area contributed by atoms with Crippen LogP contribution in [0.5, 0.6) is 5.75 Å². The maximum Gasteiger partial charge on any atom is 0.242 e. The first-order valence-corrected chi connectivity index (χ1v) is 24.6. The standard InChI is InChI=1S/C44H73N13O9S/c1-3-35(59)55-43-26-46-17-19-48-28-44(52-22-21-51-43,29-49-20-18-47-27-43)56-38(62)11-8-10-37(61)53-32(23-30-12-14-31(58)15-13-30)41(65)50-16-7-5-6-9-36(60)54-33(40(45)64)25-67-34-24-39(63)57(4-2)42(34)66/h12-15,32-34,46-49,51-52,58H,3-11,16-29H2,1-2H3,(H2,45,64)(H,50,65)(H,53,61)(H,54,60)(H,55,59)(H,56,62)/t32-,33-,34?,43?,44?/m0/s1. The van der Waals surface area contributed by atoms with E-state index in [4.69, 9.17) is 5.73 Å². The lowest BCUT2D eigenvalue weighted by Crippen LogP contribution is -2.73. The van der Waals surface area contributed by atoms with Gasteiger partial charge in [-0.1, -0.05) is 25.5 Å². The molecule has 0 saturated carbocycles. The molecule has 0 aliphatic carbocycles. The third-order valence-corrected chi connectivity index (χ3v) is 13.0.